The summed E-state index contributed by atoms with van der Waals surface area (Å²) in [6.45, 7) is 4.63. The maximum absolute atomic E-state index is 6.22. The average molecular weight is 270 g/mol. The summed E-state index contributed by atoms with van der Waals surface area (Å²) in [5, 5.41) is 0.614. The van der Waals surface area contributed by atoms with E-state index < -0.39 is 0 Å². The highest BCUT2D eigenvalue weighted by Crippen LogP contribution is 2.54. The molecule has 1 fully saturated rings. The molecule has 1 unspecified atom stereocenters. The highest BCUT2D eigenvalue weighted by molar-refractivity contribution is 6.32. The molecule has 1 saturated carbocycles. The van der Waals surface area contributed by atoms with E-state index in [9.17, 15) is 0 Å². The highest BCUT2D eigenvalue weighted by atomic mass is 35.5. The number of hydrogen-bond acceptors (Lipinski definition) is 3. The first-order valence-corrected chi connectivity index (χ1v) is 6.69. The van der Waals surface area contributed by atoms with Crippen LogP contribution in [0.5, 0.6) is 11.5 Å². The van der Waals surface area contributed by atoms with E-state index in [1.807, 2.05) is 26.0 Å². The number of nitrogens with two attached hydrogens (primary N) is 1. The van der Waals surface area contributed by atoms with Crippen molar-refractivity contribution in [1.82, 2.24) is 0 Å². The molecule has 0 radical (unpaired) electrons. The normalized spacial score (nSPS) is 18.3. The second-order valence-electron chi connectivity index (χ2n) is 4.86. The van der Waals surface area contributed by atoms with E-state index in [0.717, 1.165) is 24.2 Å². The molecule has 0 saturated heterocycles. The summed E-state index contributed by atoms with van der Waals surface area (Å²) in [5.74, 6) is 1.48. The summed E-state index contributed by atoms with van der Waals surface area (Å²) in [4.78, 5) is 0. The molecule has 100 valence electrons. The topological polar surface area (TPSA) is 44.5 Å². The molecular weight excluding hydrogens is 250 g/mol. The van der Waals surface area contributed by atoms with E-state index >= 15 is 0 Å². The third-order valence-electron chi connectivity index (χ3n) is 3.75. The Morgan fingerprint density at radius 1 is 1.39 bits per heavy atom. The molecule has 18 heavy (non-hydrogen) atoms. The van der Waals surface area contributed by atoms with Gasteiger partial charge in [0.2, 0.25) is 0 Å². The SMILES string of the molecule is CCOc1cc(OC)c(Cl)cc1C1(C(C)N)CC1. The van der Waals surface area contributed by atoms with Crippen molar-refractivity contribution in [2.45, 2.75) is 38.1 Å². The van der Waals surface area contributed by atoms with Crippen LogP contribution in [0.15, 0.2) is 12.1 Å². The maximum Gasteiger partial charge on any atom is 0.141 e. The van der Waals surface area contributed by atoms with Crippen molar-refractivity contribution in [3.05, 3.63) is 22.7 Å². The van der Waals surface area contributed by atoms with Gasteiger partial charge in [-0.15, -0.1) is 0 Å². The van der Waals surface area contributed by atoms with Crippen LogP contribution in [-0.2, 0) is 5.41 Å². The van der Waals surface area contributed by atoms with Crippen LogP contribution in [0.1, 0.15) is 32.3 Å². The molecule has 1 aliphatic rings. The second-order valence-corrected chi connectivity index (χ2v) is 5.27. The van der Waals surface area contributed by atoms with Crippen LogP contribution < -0.4 is 15.2 Å². The van der Waals surface area contributed by atoms with E-state index in [2.05, 4.69) is 0 Å². The predicted molar refractivity (Wildman–Crippen MR) is 73.7 cm³/mol. The van der Waals surface area contributed by atoms with Gasteiger partial charge in [-0.2, -0.15) is 0 Å². The number of halogens is 1. The molecule has 0 spiro atoms. The summed E-state index contributed by atoms with van der Waals surface area (Å²) in [5.41, 5.74) is 7.26. The monoisotopic (exact) mass is 269 g/mol. The van der Waals surface area contributed by atoms with Gasteiger partial charge in [-0.05, 0) is 32.8 Å². The van der Waals surface area contributed by atoms with E-state index in [1.54, 1.807) is 7.11 Å². The Labute approximate surface area is 113 Å². The van der Waals surface area contributed by atoms with Gasteiger partial charge < -0.3 is 15.2 Å². The molecule has 1 aromatic rings. The number of methoxy groups -OCH3 is 1. The van der Waals surface area contributed by atoms with Crippen LogP contribution in [-0.4, -0.2) is 19.8 Å². The van der Waals surface area contributed by atoms with E-state index in [1.165, 1.54) is 0 Å². The van der Waals surface area contributed by atoms with Crippen molar-refractivity contribution in [2.24, 2.45) is 5.73 Å². The van der Waals surface area contributed by atoms with Gasteiger partial charge >= 0.3 is 0 Å². The van der Waals surface area contributed by atoms with Crippen molar-refractivity contribution in [3.8, 4) is 11.5 Å². The molecule has 0 amide bonds. The van der Waals surface area contributed by atoms with Crippen LogP contribution in [0, 0.1) is 0 Å². The Balaban J connectivity index is 2.48. The average Bonchev–Trinajstić information content (AvgIpc) is 3.12. The molecule has 2 rings (SSSR count). The molecule has 2 N–H and O–H groups in total. The van der Waals surface area contributed by atoms with Crippen molar-refractivity contribution in [2.75, 3.05) is 13.7 Å². The maximum atomic E-state index is 6.22. The van der Waals surface area contributed by atoms with Crippen molar-refractivity contribution in [3.63, 3.8) is 0 Å². The van der Waals surface area contributed by atoms with E-state index in [-0.39, 0.29) is 11.5 Å². The molecule has 1 aliphatic carbocycles. The van der Waals surface area contributed by atoms with Crippen LogP contribution in [0.4, 0.5) is 0 Å². The zero-order chi connectivity index (χ0) is 13.3. The first-order chi connectivity index (χ1) is 8.55. The molecule has 4 heteroatoms. The Bertz CT molecular complexity index is 442. The largest absolute Gasteiger partial charge is 0.495 e. The molecule has 3 nitrogen and oxygen atoms in total. The highest BCUT2D eigenvalue weighted by Gasteiger charge is 2.49. The Hall–Kier alpha value is -0.930. The minimum atomic E-state index is 0.0282. The number of benzene rings is 1. The van der Waals surface area contributed by atoms with Gasteiger partial charge in [-0.3, -0.25) is 0 Å². The van der Waals surface area contributed by atoms with Crippen LogP contribution in [0.2, 0.25) is 5.02 Å². The Morgan fingerprint density at radius 3 is 2.50 bits per heavy atom. The molecule has 0 aliphatic heterocycles. The smallest absolute Gasteiger partial charge is 0.141 e. The van der Waals surface area contributed by atoms with Crippen molar-refractivity contribution in [1.29, 1.82) is 0 Å². The van der Waals surface area contributed by atoms with Gasteiger partial charge in [0.05, 0.1) is 18.7 Å². The molecule has 0 aromatic heterocycles. The fourth-order valence-corrected chi connectivity index (χ4v) is 2.70. The third kappa shape index (κ3) is 2.17. The first-order valence-electron chi connectivity index (χ1n) is 6.31. The molecule has 1 atom stereocenters. The zero-order valence-corrected chi connectivity index (χ0v) is 11.9. The summed E-state index contributed by atoms with van der Waals surface area (Å²) in [6.07, 6.45) is 2.18. The minimum Gasteiger partial charge on any atom is -0.495 e. The number of ether oxygens (including phenoxy) is 2. The molecule has 0 bridgehead atoms. The second kappa shape index (κ2) is 4.98. The predicted octanol–water partition coefficient (Wildman–Crippen LogP) is 3.13. The summed E-state index contributed by atoms with van der Waals surface area (Å²) in [6, 6.07) is 3.91. The quantitative estimate of drug-likeness (QED) is 0.893. The molecule has 1 aromatic carbocycles. The fourth-order valence-electron chi connectivity index (χ4n) is 2.46. The van der Waals surface area contributed by atoms with Crippen LogP contribution >= 0.6 is 11.6 Å². The van der Waals surface area contributed by atoms with Gasteiger partial charge in [0.15, 0.2) is 0 Å². The van der Waals surface area contributed by atoms with Crippen LogP contribution in [0.3, 0.4) is 0 Å². The molecular formula is C14H20ClNO2. The molecule has 0 heterocycles. The van der Waals surface area contributed by atoms with Crippen molar-refractivity contribution < 1.29 is 9.47 Å². The van der Waals surface area contributed by atoms with Crippen LogP contribution in [0.25, 0.3) is 0 Å². The zero-order valence-electron chi connectivity index (χ0n) is 11.1. The van der Waals surface area contributed by atoms with Gasteiger partial charge in [0.25, 0.3) is 0 Å². The minimum absolute atomic E-state index is 0.0282. The first kappa shape index (κ1) is 13.5. The summed E-state index contributed by atoms with van der Waals surface area (Å²) in [7, 11) is 1.61. The lowest BCUT2D eigenvalue weighted by Gasteiger charge is -2.24. The van der Waals surface area contributed by atoms with Gasteiger partial charge in [-0.1, -0.05) is 11.6 Å². The van der Waals surface area contributed by atoms with E-state index in [0.29, 0.717) is 17.4 Å². The van der Waals surface area contributed by atoms with Gasteiger partial charge in [-0.25, -0.2) is 0 Å². The van der Waals surface area contributed by atoms with Crippen molar-refractivity contribution >= 4 is 11.6 Å². The Kier molecular flexibility index (Phi) is 3.74. The summed E-state index contributed by atoms with van der Waals surface area (Å²) < 4.78 is 11.0. The lowest BCUT2D eigenvalue weighted by atomic mass is 9.88. The van der Waals surface area contributed by atoms with Gasteiger partial charge in [0, 0.05) is 23.1 Å². The lowest BCUT2D eigenvalue weighted by molar-refractivity contribution is 0.327. The number of rotatable bonds is 5. The summed E-state index contributed by atoms with van der Waals surface area (Å²) >= 11 is 6.22. The van der Waals surface area contributed by atoms with E-state index in [4.69, 9.17) is 26.8 Å². The fraction of sp³-hybridized carbons (Fsp3) is 0.571. The van der Waals surface area contributed by atoms with Gasteiger partial charge in [0.1, 0.15) is 11.5 Å². The third-order valence-corrected chi connectivity index (χ3v) is 4.05. The Morgan fingerprint density at radius 2 is 2.06 bits per heavy atom. The number of hydrogen-bond donors (Lipinski definition) is 1. The lowest BCUT2D eigenvalue weighted by Crippen LogP contribution is -2.32. The standard InChI is InChI=1S/C14H20ClNO2/c1-4-18-12-8-13(17-3)11(15)7-10(12)14(5-6-14)9(2)16/h7-9H,4-6,16H2,1-3H3.